The minimum atomic E-state index is -1.36. The van der Waals surface area contributed by atoms with Gasteiger partial charge in [0.05, 0.1) is 17.7 Å². The molecule has 1 aliphatic carbocycles. The van der Waals surface area contributed by atoms with Crippen LogP contribution in [0.5, 0.6) is 5.75 Å². The molecule has 38 heavy (non-hydrogen) atoms. The standard InChI is InChI=1S/C31H31NO6/c1-18(17-33)10-11-22-8-5-9-23-24(16-32-26(22)23)27(34)30-28(35)25(29(38-30)31(36)37)21-14-12-20(13-15-21)19-6-3-2-4-7-19/h5,8-10,12-16,19,32-33,35H,2-4,6-7,11,17H2,1H3,(H,36,37). The number of H-pyrrole nitrogens is 1. The lowest BCUT2D eigenvalue weighted by molar-refractivity contribution is 0.0661. The smallest absolute Gasteiger partial charge is 0.372 e. The number of ketones is 1. The van der Waals surface area contributed by atoms with Crippen molar-refractivity contribution in [3.8, 4) is 16.9 Å². The molecule has 2 aromatic heterocycles. The maximum Gasteiger partial charge on any atom is 0.372 e. The first-order valence-corrected chi connectivity index (χ1v) is 13.0. The van der Waals surface area contributed by atoms with Gasteiger partial charge in [-0.1, -0.05) is 73.4 Å². The second-order valence-electron chi connectivity index (χ2n) is 10.0. The topological polar surface area (TPSA) is 124 Å². The van der Waals surface area contributed by atoms with Gasteiger partial charge in [-0.15, -0.1) is 0 Å². The third kappa shape index (κ3) is 4.77. The second-order valence-corrected chi connectivity index (χ2v) is 10.0. The van der Waals surface area contributed by atoms with Crippen LogP contribution >= 0.6 is 0 Å². The zero-order chi connectivity index (χ0) is 26.8. The molecule has 0 spiro atoms. The van der Waals surface area contributed by atoms with E-state index in [4.69, 9.17) is 4.42 Å². The average molecular weight is 514 g/mol. The van der Waals surface area contributed by atoms with E-state index in [-0.39, 0.29) is 17.7 Å². The number of aromatic amines is 1. The number of fused-ring (bicyclic) bond motifs is 1. The van der Waals surface area contributed by atoms with E-state index >= 15 is 0 Å². The van der Waals surface area contributed by atoms with E-state index in [1.807, 2.05) is 37.3 Å². The van der Waals surface area contributed by atoms with Gasteiger partial charge in [0.1, 0.15) is 0 Å². The van der Waals surface area contributed by atoms with Crippen LogP contribution in [0.4, 0.5) is 0 Å². The summed E-state index contributed by atoms with van der Waals surface area (Å²) >= 11 is 0. The molecule has 7 nitrogen and oxygen atoms in total. The number of furan rings is 1. The zero-order valence-electron chi connectivity index (χ0n) is 21.3. The monoisotopic (exact) mass is 513 g/mol. The molecule has 1 saturated carbocycles. The third-order valence-corrected chi connectivity index (χ3v) is 7.53. The van der Waals surface area contributed by atoms with Crippen LogP contribution in [-0.4, -0.2) is 38.7 Å². The number of aromatic carboxylic acids is 1. The summed E-state index contributed by atoms with van der Waals surface area (Å²) in [5, 5.41) is 30.8. The van der Waals surface area contributed by atoms with Gasteiger partial charge in [0.25, 0.3) is 0 Å². The minimum absolute atomic E-state index is 0.00110. The highest BCUT2D eigenvalue weighted by Crippen LogP contribution is 2.41. The maximum atomic E-state index is 13.5. The Kier molecular flexibility index (Phi) is 7.20. The Bertz CT molecular complexity index is 1520. The summed E-state index contributed by atoms with van der Waals surface area (Å²) in [5.41, 5.74) is 4.47. The molecule has 0 aliphatic heterocycles. The van der Waals surface area contributed by atoms with Gasteiger partial charge in [0, 0.05) is 17.1 Å². The molecule has 1 aliphatic rings. The lowest BCUT2D eigenvalue weighted by Gasteiger charge is -2.22. The largest absolute Gasteiger partial charge is 0.504 e. The van der Waals surface area contributed by atoms with Crippen molar-refractivity contribution in [3.05, 3.63) is 88.5 Å². The summed E-state index contributed by atoms with van der Waals surface area (Å²) in [5.74, 6) is -2.84. The Hall–Kier alpha value is -4.10. The van der Waals surface area contributed by atoms with E-state index in [1.165, 1.54) is 24.8 Å². The molecule has 196 valence electrons. The number of carboxylic acid groups (broad SMARTS) is 1. The summed E-state index contributed by atoms with van der Waals surface area (Å²) in [6, 6.07) is 13.1. The van der Waals surface area contributed by atoms with Gasteiger partial charge in [-0.2, -0.15) is 0 Å². The number of aliphatic hydroxyl groups is 1. The lowest BCUT2D eigenvalue weighted by atomic mass is 9.83. The highest BCUT2D eigenvalue weighted by molar-refractivity contribution is 6.18. The van der Waals surface area contributed by atoms with E-state index in [1.54, 1.807) is 24.4 Å². The van der Waals surface area contributed by atoms with Crippen molar-refractivity contribution < 1.29 is 29.3 Å². The number of aromatic nitrogens is 1. The first-order valence-electron chi connectivity index (χ1n) is 13.0. The van der Waals surface area contributed by atoms with Crippen LogP contribution in [0, 0.1) is 0 Å². The van der Waals surface area contributed by atoms with E-state index in [9.17, 15) is 24.9 Å². The number of carbonyl (C=O) groups excluding carboxylic acids is 1. The molecule has 0 saturated heterocycles. The van der Waals surface area contributed by atoms with E-state index in [0.717, 1.165) is 29.5 Å². The number of nitrogens with one attached hydrogen (secondary N) is 1. The summed E-state index contributed by atoms with van der Waals surface area (Å²) in [6.07, 6.45) is 9.97. The van der Waals surface area contributed by atoms with Crippen molar-refractivity contribution in [2.45, 2.75) is 51.4 Å². The number of aromatic hydroxyl groups is 1. The predicted octanol–water partition coefficient (Wildman–Crippen LogP) is 6.59. The fraction of sp³-hybridized carbons (Fsp3) is 0.290. The van der Waals surface area contributed by atoms with Crippen LogP contribution in [-0.2, 0) is 6.42 Å². The number of hydrogen-bond donors (Lipinski definition) is 4. The molecule has 0 bridgehead atoms. The molecule has 2 aromatic carbocycles. The van der Waals surface area contributed by atoms with Gasteiger partial charge in [-0.05, 0) is 48.8 Å². The fourth-order valence-electron chi connectivity index (χ4n) is 5.40. The van der Waals surface area contributed by atoms with Crippen LogP contribution in [0.15, 0.2) is 64.7 Å². The van der Waals surface area contributed by atoms with Crippen LogP contribution in [0.3, 0.4) is 0 Å². The quantitative estimate of drug-likeness (QED) is 0.156. The third-order valence-electron chi connectivity index (χ3n) is 7.53. The van der Waals surface area contributed by atoms with Crippen molar-refractivity contribution in [2.24, 2.45) is 0 Å². The van der Waals surface area contributed by atoms with Gasteiger partial charge in [-0.3, -0.25) is 4.79 Å². The number of carboxylic acids is 1. The molecule has 1 fully saturated rings. The lowest BCUT2D eigenvalue weighted by Crippen LogP contribution is -2.04. The highest BCUT2D eigenvalue weighted by Gasteiger charge is 2.31. The van der Waals surface area contributed by atoms with Crippen molar-refractivity contribution >= 4 is 22.7 Å². The van der Waals surface area contributed by atoms with Gasteiger partial charge >= 0.3 is 5.97 Å². The molecular formula is C31H31NO6. The van der Waals surface area contributed by atoms with Crippen molar-refractivity contribution in [1.82, 2.24) is 4.98 Å². The number of para-hydroxylation sites is 1. The normalized spacial score (nSPS) is 14.7. The summed E-state index contributed by atoms with van der Waals surface area (Å²) in [6.45, 7) is 1.81. The predicted molar refractivity (Wildman–Crippen MR) is 145 cm³/mol. The molecule has 0 radical (unpaired) electrons. The molecular weight excluding hydrogens is 482 g/mol. The van der Waals surface area contributed by atoms with E-state index < -0.39 is 29.0 Å². The number of aliphatic hydroxyl groups excluding tert-OH is 1. The number of benzene rings is 2. The first-order chi connectivity index (χ1) is 18.4. The number of carbonyl (C=O) groups is 2. The molecule has 0 atom stereocenters. The average Bonchev–Trinajstić information content (AvgIpc) is 3.54. The number of allylic oxidation sites excluding steroid dienone is 1. The van der Waals surface area contributed by atoms with E-state index in [2.05, 4.69) is 4.98 Å². The number of hydrogen-bond acceptors (Lipinski definition) is 5. The molecule has 2 heterocycles. The molecule has 5 rings (SSSR count). The first kappa shape index (κ1) is 25.5. The summed E-state index contributed by atoms with van der Waals surface area (Å²) < 4.78 is 5.52. The van der Waals surface area contributed by atoms with Crippen molar-refractivity contribution in [3.63, 3.8) is 0 Å². The second kappa shape index (κ2) is 10.7. The molecule has 4 aromatic rings. The molecule has 0 amide bonds. The van der Waals surface area contributed by atoms with Gasteiger partial charge in [0.2, 0.25) is 17.3 Å². The fourth-order valence-corrected chi connectivity index (χ4v) is 5.40. The Labute approximate surface area is 220 Å². The molecule has 0 unspecified atom stereocenters. The van der Waals surface area contributed by atoms with Crippen molar-refractivity contribution in [2.75, 3.05) is 6.61 Å². The van der Waals surface area contributed by atoms with Crippen LogP contribution in [0.1, 0.15) is 82.7 Å². The highest BCUT2D eigenvalue weighted by atomic mass is 16.4. The Morgan fingerprint density at radius 3 is 2.47 bits per heavy atom. The number of rotatable bonds is 8. The van der Waals surface area contributed by atoms with Gasteiger partial charge in [0.15, 0.2) is 5.75 Å². The summed E-state index contributed by atoms with van der Waals surface area (Å²) in [7, 11) is 0. The zero-order valence-corrected chi connectivity index (χ0v) is 21.3. The van der Waals surface area contributed by atoms with Crippen LogP contribution in [0.2, 0.25) is 0 Å². The minimum Gasteiger partial charge on any atom is -0.504 e. The Morgan fingerprint density at radius 2 is 1.79 bits per heavy atom. The molecule has 4 N–H and O–H groups in total. The summed E-state index contributed by atoms with van der Waals surface area (Å²) in [4.78, 5) is 28.7. The molecule has 7 heteroatoms. The van der Waals surface area contributed by atoms with Gasteiger partial charge < -0.3 is 24.7 Å². The van der Waals surface area contributed by atoms with Gasteiger partial charge in [-0.25, -0.2) is 4.79 Å². The van der Waals surface area contributed by atoms with Crippen molar-refractivity contribution in [1.29, 1.82) is 0 Å². The van der Waals surface area contributed by atoms with Crippen LogP contribution < -0.4 is 0 Å². The Morgan fingerprint density at radius 1 is 1.05 bits per heavy atom. The van der Waals surface area contributed by atoms with E-state index in [0.29, 0.717) is 23.3 Å². The SMILES string of the molecule is CC(=CCc1cccc2c(C(=O)c3oc(C(=O)O)c(-c4ccc(C5CCCCC5)cc4)c3O)c[nH]c12)CO. The Balaban J connectivity index is 1.51. The van der Waals surface area contributed by atoms with Crippen LogP contribution in [0.25, 0.3) is 22.0 Å². The maximum absolute atomic E-state index is 13.5.